The van der Waals surface area contributed by atoms with Gasteiger partial charge in [0.25, 0.3) is 0 Å². The summed E-state index contributed by atoms with van der Waals surface area (Å²) in [7, 11) is 0. The van der Waals surface area contributed by atoms with Crippen LogP contribution < -0.4 is 0 Å². The van der Waals surface area contributed by atoms with Gasteiger partial charge in [0.15, 0.2) is 0 Å². The molecule has 0 saturated heterocycles. The fourth-order valence-electron chi connectivity index (χ4n) is 3.80. The van der Waals surface area contributed by atoms with Gasteiger partial charge in [-0.1, -0.05) is 0 Å². The number of aldehydes is 1. The molecule has 24 heavy (non-hydrogen) atoms. The molecular formula is C22H30OSn. The van der Waals surface area contributed by atoms with E-state index in [4.69, 9.17) is 0 Å². The van der Waals surface area contributed by atoms with Crippen molar-refractivity contribution in [2.45, 2.75) is 51.8 Å². The van der Waals surface area contributed by atoms with Crippen molar-refractivity contribution in [3.63, 3.8) is 0 Å². The van der Waals surface area contributed by atoms with E-state index in [2.05, 4.69) is 62.4 Å². The molecule has 0 heterocycles. The molecule has 128 valence electrons. The Kier molecular flexibility index (Phi) is 8.04. The van der Waals surface area contributed by atoms with Crippen molar-refractivity contribution >= 4 is 26.0 Å². The van der Waals surface area contributed by atoms with Crippen LogP contribution in [0.15, 0.2) is 60.7 Å². The number of carbonyl (C=O) groups is 1. The molecule has 0 N–H and O–H groups in total. The average molecular weight is 429 g/mol. The Bertz CT molecular complexity index is 546. The third-order valence-electron chi connectivity index (χ3n) is 5.15. The van der Waals surface area contributed by atoms with Crippen LogP contribution in [0.5, 0.6) is 0 Å². The molecule has 2 rings (SSSR count). The summed E-state index contributed by atoms with van der Waals surface area (Å²) in [5, 5.41) is 0. The van der Waals surface area contributed by atoms with E-state index in [1.54, 1.807) is 0 Å². The van der Waals surface area contributed by atoms with E-state index in [9.17, 15) is 4.79 Å². The normalized spacial score (nSPS) is 11.6. The fraction of sp³-hybridized carbons (Fsp3) is 0.409. The second-order valence-corrected chi connectivity index (χ2v) is 16.6. The van der Waals surface area contributed by atoms with Crippen molar-refractivity contribution in [1.82, 2.24) is 0 Å². The van der Waals surface area contributed by atoms with Crippen molar-refractivity contribution in [2.75, 3.05) is 0 Å². The summed E-state index contributed by atoms with van der Waals surface area (Å²) in [6.07, 6.45) is 6.28. The average Bonchev–Trinajstić information content (AvgIpc) is 2.66. The van der Waals surface area contributed by atoms with Crippen LogP contribution in [0.4, 0.5) is 0 Å². The molecule has 0 spiro atoms. The number of rotatable bonds is 10. The summed E-state index contributed by atoms with van der Waals surface area (Å²) < 4.78 is 2.29. The minimum atomic E-state index is -2.21. The van der Waals surface area contributed by atoms with Crippen LogP contribution in [0.1, 0.15) is 50.7 Å². The van der Waals surface area contributed by atoms with E-state index in [0.717, 1.165) is 0 Å². The molecule has 0 radical (unpaired) electrons. The Hall–Kier alpha value is -1.09. The fourth-order valence-corrected chi connectivity index (χ4v) is 16.7. The minimum absolute atomic E-state index is 0.325. The van der Waals surface area contributed by atoms with Crippen LogP contribution >= 0.6 is 0 Å². The third-order valence-corrected chi connectivity index (χ3v) is 17.4. The molecule has 0 bridgehead atoms. The molecule has 2 aromatic carbocycles. The molecule has 0 fully saturated rings. The van der Waals surface area contributed by atoms with Gasteiger partial charge in [-0.3, -0.25) is 0 Å². The van der Waals surface area contributed by atoms with Crippen LogP contribution in [0.2, 0.25) is 8.87 Å². The summed E-state index contributed by atoms with van der Waals surface area (Å²) in [5.41, 5.74) is 2.44. The SMILES string of the molecule is CCC[CH2][SnH]([CH2]CCC)[C](C=O)(c1ccccc1)c1ccccc1. The number of hydrogen-bond acceptors (Lipinski definition) is 1. The second kappa shape index (κ2) is 10.0. The van der Waals surface area contributed by atoms with Crippen LogP contribution in [0.3, 0.4) is 0 Å². The molecule has 2 heteroatoms. The van der Waals surface area contributed by atoms with Crippen LogP contribution in [-0.4, -0.2) is 26.0 Å². The first-order valence-electron chi connectivity index (χ1n) is 9.37. The van der Waals surface area contributed by atoms with Gasteiger partial charge in [-0.25, -0.2) is 0 Å². The number of hydrogen-bond donors (Lipinski definition) is 0. The summed E-state index contributed by atoms with van der Waals surface area (Å²) in [5.74, 6) is 0. The number of benzene rings is 2. The second-order valence-electron chi connectivity index (χ2n) is 6.70. The summed E-state index contributed by atoms with van der Waals surface area (Å²) in [6, 6.07) is 21.1. The predicted octanol–water partition coefficient (Wildman–Crippen LogP) is 5.54. The number of unbranched alkanes of at least 4 members (excludes halogenated alkanes) is 2. The molecule has 2 aromatic rings. The number of carbonyl (C=O) groups excluding carboxylic acids is 1. The van der Waals surface area contributed by atoms with E-state index in [1.807, 2.05) is 12.1 Å². The predicted molar refractivity (Wildman–Crippen MR) is 106 cm³/mol. The molecule has 1 nitrogen and oxygen atoms in total. The zero-order chi connectivity index (χ0) is 17.3. The molecular weight excluding hydrogens is 399 g/mol. The molecule has 0 aliphatic rings. The summed E-state index contributed by atoms with van der Waals surface area (Å²) >= 11 is -2.21. The first-order chi connectivity index (χ1) is 11.8. The maximum absolute atomic E-state index is 12.6. The van der Waals surface area contributed by atoms with Crippen molar-refractivity contribution < 1.29 is 4.79 Å². The van der Waals surface area contributed by atoms with Gasteiger partial charge < -0.3 is 0 Å². The van der Waals surface area contributed by atoms with Gasteiger partial charge >= 0.3 is 154 Å². The van der Waals surface area contributed by atoms with Gasteiger partial charge in [0, 0.05) is 0 Å². The van der Waals surface area contributed by atoms with E-state index in [1.165, 1.54) is 52.0 Å². The van der Waals surface area contributed by atoms with Crippen molar-refractivity contribution in [1.29, 1.82) is 0 Å². The van der Waals surface area contributed by atoms with E-state index in [0.29, 0.717) is 0 Å². The summed E-state index contributed by atoms with van der Waals surface area (Å²) in [4.78, 5) is 12.6. The monoisotopic (exact) mass is 430 g/mol. The molecule has 0 saturated carbocycles. The van der Waals surface area contributed by atoms with Crippen molar-refractivity contribution in [2.24, 2.45) is 0 Å². The van der Waals surface area contributed by atoms with Crippen LogP contribution in [0.25, 0.3) is 0 Å². The zero-order valence-corrected chi connectivity index (χ0v) is 18.4. The molecule has 0 amide bonds. The van der Waals surface area contributed by atoms with Gasteiger partial charge in [-0.15, -0.1) is 0 Å². The van der Waals surface area contributed by atoms with Crippen molar-refractivity contribution in [3.05, 3.63) is 71.8 Å². The first-order valence-corrected chi connectivity index (χ1v) is 15.7. The Morgan fingerprint density at radius 1 is 0.792 bits per heavy atom. The Labute approximate surface area is 154 Å². The van der Waals surface area contributed by atoms with Gasteiger partial charge in [0.05, 0.1) is 0 Å². The van der Waals surface area contributed by atoms with Gasteiger partial charge in [-0.05, 0) is 0 Å². The quantitative estimate of drug-likeness (QED) is 0.358. The third kappa shape index (κ3) is 4.30. The molecule has 0 unspecified atom stereocenters. The van der Waals surface area contributed by atoms with E-state index < -0.39 is 19.8 Å². The van der Waals surface area contributed by atoms with Gasteiger partial charge in [-0.2, -0.15) is 0 Å². The standard InChI is InChI=1S/C14H11O.2C4H9.Sn.H/c15-11-14(12-7-3-1-4-8-12)13-9-5-2-6-10-13;2*1-3-4-2;;/h1-11H;2*1,3-4H2,2H3;;. The van der Waals surface area contributed by atoms with Gasteiger partial charge in [0.2, 0.25) is 0 Å². The van der Waals surface area contributed by atoms with E-state index in [-0.39, 0.29) is 3.43 Å². The van der Waals surface area contributed by atoms with Crippen molar-refractivity contribution in [3.8, 4) is 0 Å². The Morgan fingerprint density at radius 3 is 1.54 bits per heavy atom. The van der Waals surface area contributed by atoms with Gasteiger partial charge in [0.1, 0.15) is 0 Å². The Morgan fingerprint density at radius 2 is 1.21 bits per heavy atom. The molecule has 0 aliphatic carbocycles. The van der Waals surface area contributed by atoms with E-state index >= 15 is 0 Å². The van der Waals surface area contributed by atoms with Crippen LogP contribution in [0, 0.1) is 0 Å². The molecule has 0 aromatic heterocycles. The molecule has 0 aliphatic heterocycles. The zero-order valence-electron chi connectivity index (χ0n) is 15.1. The Balaban J connectivity index is 2.56. The van der Waals surface area contributed by atoms with Crippen LogP contribution in [-0.2, 0) is 8.23 Å². The summed E-state index contributed by atoms with van der Waals surface area (Å²) in [6.45, 7) is 4.52. The topological polar surface area (TPSA) is 17.1 Å². The maximum atomic E-state index is 12.6. The molecule has 0 atom stereocenters. The first kappa shape index (κ1) is 19.2.